The lowest BCUT2D eigenvalue weighted by Crippen LogP contribution is -2.52. The van der Waals surface area contributed by atoms with Crippen LogP contribution in [0.25, 0.3) is 0 Å². The van der Waals surface area contributed by atoms with Crippen molar-refractivity contribution in [2.24, 2.45) is 0 Å². The van der Waals surface area contributed by atoms with Crippen LogP contribution in [-0.2, 0) is 13.0 Å². The van der Waals surface area contributed by atoms with Crippen molar-refractivity contribution in [3.8, 4) is 0 Å². The lowest BCUT2D eigenvalue weighted by molar-refractivity contribution is 0.108. The minimum atomic E-state index is 0.0309. The van der Waals surface area contributed by atoms with Gasteiger partial charge in [0.25, 0.3) is 0 Å². The number of rotatable bonds is 4. The summed E-state index contributed by atoms with van der Waals surface area (Å²) < 4.78 is 0. The van der Waals surface area contributed by atoms with E-state index < -0.39 is 0 Å². The van der Waals surface area contributed by atoms with E-state index in [1.165, 1.54) is 15.3 Å². The highest BCUT2D eigenvalue weighted by Crippen LogP contribution is 2.25. The van der Waals surface area contributed by atoms with Crippen LogP contribution in [-0.4, -0.2) is 42.5 Å². The van der Waals surface area contributed by atoms with Gasteiger partial charge in [0.2, 0.25) is 0 Å². The van der Waals surface area contributed by atoms with Crippen LogP contribution in [0.3, 0.4) is 0 Å². The van der Waals surface area contributed by atoms with Gasteiger partial charge in [-0.25, -0.2) is 4.79 Å². The highest BCUT2D eigenvalue weighted by molar-refractivity contribution is 7.11. The summed E-state index contributed by atoms with van der Waals surface area (Å²) in [5.74, 6) is 0. The summed E-state index contributed by atoms with van der Waals surface area (Å²) in [6, 6.07) is 14.7. The molecule has 4 nitrogen and oxygen atoms in total. The molecule has 5 heteroatoms. The van der Waals surface area contributed by atoms with Crippen LogP contribution in [0, 0.1) is 0 Å². The zero-order valence-electron chi connectivity index (χ0n) is 14.4. The SMILES string of the molecule is CCc1ccc(CNC(=O)N2CCN(C)CC2c2ccccc2)s1. The van der Waals surface area contributed by atoms with Crippen molar-refractivity contribution < 1.29 is 4.79 Å². The standard InChI is InChI=1S/C19H25N3OS/c1-3-16-9-10-17(24-16)13-20-19(23)22-12-11-21(2)14-18(22)15-7-5-4-6-8-15/h4-10,18H,3,11-14H2,1-2H3,(H,20,23). The molecule has 2 amide bonds. The number of nitrogens with zero attached hydrogens (tertiary/aromatic N) is 2. The predicted octanol–water partition coefficient (Wildman–Crippen LogP) is 3.51. The normalized spacial score (nSPS) is 18.6. The van der Waals surface area contributed by atoms with E-state index in [4.69, 9.17) is 0 Å². The molecule has 2 aromatic rings. The molecule has 1 aliphatic rings. The number of hydrogen-bond acceptors (Lipinski definition) is 3. The molecule has 1 unspecified atom stereocenters. The molecule has 0 spiro atoms. The Labute approximate surface area is 148 Å². The fourth-order valence-corrected chi connectivity index (χ4v) is 3.99. The minimum Gasteiger partial charge on any atom is -0.333 e. The second-order valence-electron chi connectivity index (χ2n) is 6.26. The van der Waals surface area contributed by atoms with Crippen molar-refractivity contribution in [2.75, 3.05) is 26.7 Å². The van der Waals surface area contributed by atoms with Gasteiger partial charge in [-0.1, -0.05) is 37.3 Å². The van der Waals surface area contributed by atoms with E-state index >= 15 is 0 Å². The van der Waals surface area contributed by atoms with E-state index in [2.05, 4.69) is 48.5 Å². The Hall–Kier alpha value is -1.85. The Morgan fingerprint density at radius 2 is 1.92 bits per heavy atom. The first-order valence-electron chi connectivity index (χ1n) is 8.53. The summed E-state index contributed by atoms with van der Waals surface area (Å²) in [4.78, 5) is 19.6. The van der Waals surface area contributed by atoms with Crippen molar-refractivity contribution >= 4 is 17.4 Å². The fourth-order valence-electron chi connectivity index (χ4n) is 3.09. The Balaban J connectivity index is 1.67. The maximum absolute atomic E-state index is 12.7. The minimum absolute atomic E-state index is 0.0309. The number of benzene rings is 1. The molecule has 3 rings (SSSR count). The van der Waals surface area contributed by atoms with Gasteiger partial charge in [-0.15, -0.1) is 11.3 Å². The van der Waals surface area contributed by atoms with Crippen LogP contribution < -0.4 is 5.32 Å². The smallest absolute Gasteiger partial charge is 0.318 e. The highest BCUT2D eigenvalue weighted by Gasteiger charge is 2.30. The third-order valence-electron chi connectivity index (χ3n) is 4.51. The zero-order valence-corrected chi connectivity index (χ0v) is 15.2. The van der Waals surface area contributed by atoms with Crippen molar-refractivity contribution in [2.45, 2.75) is 25.9 Å². The van der Waals surface area contributed by atoms with Crippen molar-refractivity contribution in [1.82, 2.24) is 15.1 Å². The first-order chi connectivity index (χ1) is 11.7. The molecule has 1 fully saturated rings. The molecule has 0 saturated carbocycles. The number of urea groups is 1. The number of nitrogens with one attached hydrogen (secondary N) is 1. The number of hydrogen-bond donors (Lipinski definition) is 1. The molecule has 1 aromatic heterocycles. The molecule has 128 valence electrons. The molecule has 24 heavy (non-hydrogen) atoms. The van der Waals surface area contributed by atoms with E-state index in [0.29, 0.717) is 6.54 Å². The molecular weight excluding hydrogens is 318 g/mol. The van der Waals surface area contributed by atoms with Gasteiger partial charge < -0.3 is 15.1 Å². The van der Waals surface area contributed by atoms with Gasteiger partial charge in [0.1, 0.15) is 0 Å². The molecular formula is C19H25N3OS. The lowest BCUT2D eigenvalue weighted by Gasteiger charge is -2.40. The number of thiophene rings is 1. The topological polar surface area (TPSA) is 35.6 Å². The second-order valence-corrected chi connectivity index (χ2v) is 7.52. The second kappa shape index (κ2) is 7.81. The van der Waals surface area contributed by atoms with Gasteiger partial charge in [-0.3, -0.25) is 0 Å². The van der Waals surface area contributed by atoms with E-state index in [1.807, 2.05) is 23.1 Å². The summed E-state index contributed by atoms with van der Waals surface area (Å²) in [5, 5.41) is 3.10. The van der Waals surface area contributed by atoms with Crippen LogP contribution in [0.5, 0.6) is 0 Å². The summed E-state index contributed by atoms with van der Waals surface area (Å²) in [7, 11) is 2.11. The van der Waals surface area contributed by atoms with Crippen molar-refractivity contribution in [3.05, 3.63) is 57.8 Å². The Morgan fingerprint density at radius 3 is 2.62 bits per heavy atom. The van der Waals surface area contributed by atoms with Crippen LogP contribution in [0.2, 0.25) is 0 Å². The van der Waals surface area contributed by atoms with Gasteiger partial charge in [-0.05, 0) is 31.2 Å². The van der Waals surface area contributed by atoms with Gasteiger partial charge in [0, 0.05) is 29.4 Å². The summed E-state index contributed by atoms with van der Waals surface area (Å²) >= 11 is 1.78. The maximum Gasteiger partial charge on any atom is 0.318 e. The Morgan fingerprint density at radius 1 is 1.17 bits per heavy atom. The van der Waals surface area contributed by atoms with Gasteiger partial charge in [-0.2, -0.15) is 0 Å². The summed E-state index contributed by atoms with van der Waals surface area (Å²) in [6.07, 6.45) is 1.05. The van der Waals surface area contributed by atoms with Crippen LogP contribution in [0.15, 0.2) is 42.5 Å². The van der Waals surface area contributed by atoms with Crippen molar-refractivity contribution in [3.63, 3.8) is 0 Å². The number of carbonyl (C=O) groups is 1. The van der Waals surface area contributed by atoms with Crippen molar-refractivity contribution in [1.29, 1.82) is 0 Å². The highest BCUT2D eigenvalue weighted by atomic mass is 32.1. The van der Waals surface area contributed by atoms with E-state index in [1.54, 1.807) is 11.3 Å². The first kappa shape index (κ1) is 17.0. The lowest BCUT2D eigenvalue weighted by atomic mass is 10.0. The molecule has 1 aromatic carbocycles. The largest absolute Gasteiger partial charge is 0.333 e. The van der Waals surface area contributed by atoms with Gasteiger partial charge in [0.05, 0.1) is 12.6 Å². The first-order valence-corrected chi connectivity index (χ1v) is 9.34. The zero-order chi connectivity index (χ0) is 16.9. The molecule has 1 atom stereocenters. The van der Waals surface area contributed by atoms with Crippen LogP contribution in [0.4, 0.5) is 4.79 Å². The number of piperazine rings is 1. The molecule has 0 bridgehead atoms. The predicted molar refractivity (Wildman–Crippen MR) is 99.3 cm³/mol. The Bertz CT molecular complexity index is 670. The quantitative estimate of drug-likeness (QED) is 0.922. The van der Waals surface area contributed by atoms with Crippen LogP contribution in [0.1, 0.15) is 28.3 Å². The molecule has 0 aliphatic carbocycles. The molecule has 1 aliphatic heterocycles. The average molecular weight is 343 g/mol. The van der Waals surface area contributed by atoms with Gasteiger partial charge >= 0.3 is 6.03 Å². The number of amides is 2. The molecule has 1 N–H and O–H groups in total. The number of aryl methyl sites for hydroxylation is 1. The average Bonchev–Trinajstić information content (AvgIpc) is 3.08. The molecule has 0 radical (unpaired) electrons. The number of likely N-dealkylation sites (N-methyl/N-ethyl adjacent to an activating group) is 1. The van der Waals surface area contributed by atoms with E-state index in [-0.39, 0.29) is 12.1 Å². The van der Waals surface area contributed by atoms with Gasteiger partial charge in [0.15, 0.2) is 0 Å². The van der Waals surface area contributed by atoms with Crippen LogP contribution >= 0.6 is 11.3 Å². The monoisotopic (exact) mass is 343 g/mol. The maximum atomic E-state index is 12.7. The molecule has 1 saturated heterocycles. The fraction of sp³-hybridized carbons (Fsp3) is 0.421. The van der Waals surface area contributed by atoms with E-state index in [9.17, 15) is 4.79 Å². The Kier molecular flexibility index (Phi) is 5.53. The summed E-state index contributed by atoms with van der Waals surface area (Å²) in [6.45, 7) is 5.30. The van der Waals surface area contributed by atoms with E-state index in [0.717, 1.165) is 26.1 Å². The number of carbonyl (C=O) groups excluding carboxylic acids is 1. The third-order valence-corrected chi connectivity index (χ3v) is 5.74. The summed E-state index contributed by atoms with van der Waals surface area (Å²) in [5.41, 5.74) is 1.20. The molecule has 2 heterocycles. The third kappa shape index (κ3) is 3.97.